The quantitative estimate of drug-likeness (QED) is 0.181. The zero-order valence-corrected chi connectivity index (χ0v) is 28.9. The van der Waals surface area contributed by atoms with Gasteiger partial charge in [-0.25, -0.2) is 9.59 Å². The maximum absolute atomic E-state index is 11.6. The van der Waals surface area contributed by atoms with Crippen LogP contribution in [-0.4, -0.2) is 57.8 Å². The Hall–Kier alpha value is -3.88. The summed E-state index contributed by atoms with van der Waals surface area (Å²) in [7, 11) is 0. The highest BCUT2D eigenvalue weighted by molar-refractivity contribution is 5.90. The number of carbonyl (C=O) groups is 2. The third-order valence-corrected chi connectivity index (χ3v) is 7.22. The van der Waals surface area contributed by atoms with Crippen LogP contribution in [0.1, 0.15) is 103 Å². The van der Waals surface area contributed by atoms with Gasteiger partial charge in [-0.05, 0) is 117 Å². The molecule has 0 aliphatic carbocycles. The molecule has 46 heavy (non-hydrogen) atoms. The third-order valence-electron chi connectivity index (χ3n) is 7.22. The van der Waals surface area contributed by atoms with Gasteiger partial charge in [0.05, 0.1) is 35.5 Å². The van der Waals surface area contributed by atoms with Crippen LogP contribution >= 0.6 is 0 Å². The number of carboxylic acids is 2. The molecule has 0 atom stereocenters. The highest BCUT2D eigenvalue weighted by atomic mass is 16.5. The number of aromatic carboxylic acids is 2. The summed E-state index contributed by atoms with van der Waals surface area (Å²) in [5.41, 5.74) is 1.50. The summed E-state index contributed by atoms with van der Waals surface area (Å²) >= 11 is 0. The summed E-state index contributed by atoms with van der Waals surface area (Å²) in [4.78, 5) is 23.2. The molecular weight excluding hydrogens is 584 g/mol. The number of rotatable bonds is 14. The fourth-order valence-corrected chi connectivity index (χ4v) is 4.67. The van der Waals surface area contributed by atoms with Crippen LogP contribution in [0.3, 0.4) is 0 Å². The van der Waals surface area contributed by atoms with E-state index in [4.69, 9.17) is 18.9 Å². The third kappa shape index (κ3) is 11.2. The molecule has 0 bridgehead atoms. The van der Waals surface area contributed by atoms with Gasteiger partial charge in [-0.15, -0.1) is 0 Å². The van der Waals surface area contributed by atoms with E-state index < -0.39 is 23.1 Å². The van der Waals surface area contributed by atoms with E-state index in [2.05, 4.69) is 0 Å². The van der Waals surface area contributed by atoms with Crippen molar-refractivity contribution < 1.29 is 38.7 Å². The van der Waals surface area contributed by atoms with Crippen LogP contribution in [-0.2, 0) is 9.47 Å². The molecule has 0 radical (unpaired) electrons. The van der Waals surface area contributed by atoms with Crippen LogP contribution < -0.4 is 9.47 Å². The first-order valence-corrected chi connectivity index (χ1v) is 15.7. The van der Waals surface area contributed by atoms with Gasteiger partial charge in [0.15, 0.2) is 0 Å². The van der Waals surface area contributed by atoms with Crippen molar-refractivity contribution in [1.29, 1.82) is 0 Å². The normalized spacial score (nSPS) is 12.6. The van der Waals surface area contributed by atoms with Crippen molar-refractivity contribution in [1.82, 2.24) is 0 Å². The predicted molar refractivity (Wildman–Crippen MR) is 181 cm³/mol. The fraction of sp³-hybridized carbons (Fsp3) is 0.474. The van der Waals surface area contributed by atoms with Gasteiger partial charge in [-0.2, -0.15) is 0 Å². The lowest BCUT2D eigenvalue weighted by molar-refractivity contribution is -0.0303. The molecule has 8 nitrogen and oxygen atoms in total. The summed E-state index contributed by atoms with van der Waals surface area (Å²) in [6.07, 6.45) is 1.23. The SMILES string of the molecule is CC(C)(C)OCCC(C)(C)Oc1cc(-c2ccc(C(=O)O)cc2)c(OC(C)(C)CCOC(C)(C)C)cc1-c1ccc(C(=O)O)cc1. The van der Waals surface area contributed by atoms with Gasteiger partial charge in [0.1, 0.15) is 22.7 Å². The first kappa shape index (κ1) is 36.6. The predicted octanol–water partition coefficient (Wildman–Crippen LogP) is 9.14. The van der Waals surface area contributed by atoms with E-state index >= 15 is 0 Å². The summed E-state index contributed by atoms with van der Waals surface area (Å²) in [6, 6.07) is 17.1. The maximum Gasteiger partial charge on any atom is 0.335 e. The van der Waals surface area contributed by atoms with E-state index in [-0.39, 0.29) is 22.3 Å². The average Bonchev–Trinajstić information content (AvgIpc) is 2.91. The van der Waals surface area contributed by atoms with E-state index in [0.29, 0.717) is 37.6 Å². The molecule has 0 fully saturated rings. The lowest BCUT2D eigenvalue weighted by Gasteiger charge is -2.32. The Morgan fingerprint density at radius 1 is 0.543 bits per heavy atom. The van der Waals surface area contributed by atoms with Crippen molar-refractivity contribution in [2.45, 2.75) is 104 Å². The fourth-order valence-electron chi connectivity index (χ4n) is 4.67. The van der Waals surface area contributed by atoms with Gasteiger partial charge < -0.3 is 29.2 Å². The zero-order chi connectivity index (χ0) is 34.5. The number of ether oxygens (including phenoxy) is 4. The van der Waals surface area contributed by atoms with Crippen molar-refractivity contribution in [3.8, 4) is 33.8 Å². The minimum Gasteiger partial charge on any atom is -0.487 e. The number of benzene rings is 3. The molecule has 8 heteroatoms. The monoisotopic (exact) mass is 634 g/mol. The van der Waals surface area contributed by atoms with Crippen LogP contribution in [0.2, 0.25) is 0 Å². The van der Waals surface area contributed by atoms with E-state index in [0.717, 1.165) is 22.3 Å². The first-order chi connectivity index (χ1) is 21.1. The van der Waals surface area contributed by atoms with Gasteiger partial charge in [-0.3, -0.25) is 0 Å². The molecule has 250 valence electrons. The van der Waals surface area contributed by atoms with Crippen LogP contribution in [0.25, 0.3) is 22.3 Å². The smallest absolute Gasteiger partial charge is 0.335 e. The standard InChI is InChI=1S/C38H50O8/c1-35(2,3)43-21-19-37(7,8)45-31-23-30(26-13-17-28(18-14-26)34(41)42)32(46-38(9,10)20-22-44-36(4,5)6)24-29(31)25-11-15-27(16-12-25)33(39)40/h11-18,23-24H,19-22H2,1-10H3,(H,39,40)(H,41,42). The molecule has 3 aromatic carbocycles. The van der Waals surface area contributed by atoms with Crippen LogP contribution in [0, 0.1) is 0 Å². The maximum atomic E-state index is 11.6. The molecule has 0 heterocycles. The van der Waals surface area contributed by atoms with E-state index in [9.17, 15) is 19.8 Å². The Balaban J connectivity index is 2.17. The van der Waals surface area contributed by atoms with E-state index in [1.165, 1.54) is 0 Å². The molecule has 2 N–H and O–H groups in total. The molecule has 0 unspecified atom stereocenters. The van der Waals surface area contributed by atoms with Crippen LogP contribution in [0.5, 0.6) is 11.5 Å². The van der Waals surface area contributed by atoms with Gasteiger partial charge in [0.2, 0.25) is 0 Å². The van der Waals surface area contributed by atoms with Gasteiger partial charge >= 0.3 is 11.9 Å². The largest absolute Gasteiger partial charge is 0.487 e. The van der Waals surface area contributed by atoms with E-state index in [1.807, 2.05) is 81.4 Å². The summed E-state index contributed by atoms with van der Waals surface area (Å²) in [5, 5.41) is 19.0. The van der Waals surface area contributed by atoms with Crippen LogP contribution in [0.15, 0.2) is 60.7 Å². The number of carboxylic acid groups (broad SMARTS) is 2. The first-order valence-electron chi connectivity index (χ1n) is 15.7. The second-order valence-corrected chi connectivity index (χ2v) is 14.8. The minimum atomic E-state index is -1.01. The van der Waals surface area contributed by atoms with Gasteiger partial charge in [-0.1, -0.05) is 24.3 Å². The molecule has 0 amide bonds. The minimum absolute atomic E-state index is 0.178. The summed E-state index contributed by atoms with van der Waals surface area (Å²) in [5.74, 6) is -0.873. The molecule has 0 saturated heterocycles. The highest BCUT2D eigenvalue weighted by Crippen LogP contribution is 2.44. The van der Waals surface area contributed by atoms with Crippen molar-refractivity contribution in [3.05, 3.63) is 71.8 Å². The van der Waals surface area contributed by atoms with E-state index in [1.54, 1.807) is 48.5 Å². The molecule has 3 rings (SSSR count). The highest BCUT2D eigenvalue weighted by Gasteiger charge is 2.28. The Kier molecular flexibility index (Phi) is 11.3. The Labute approximate surface area is 273 Å². The average molecular weight is 635 g/mol. The van der Waals surface area contributed by atoms with Crippen LogP contribution in [0.4, 0.5) is 0 Å². The zero-order valence-electron chi connectivity index (χ0n) is 28.9. The van der Waals surface area contributed by atoms with Crippen molar-refractivity contribution >= 4 is 11.9 Å². The molecule has 0 aliphatic heterocycles. The molecule has 0 aromatic heterocycles. The number of hydrogen-bond donors (Lipinski definition) is 2. The Morgan fingerprint density at radius 2 is 0.848 bits per heavy atom. The van der Waals surface area contributed by atoms with Crippen molar-refractivity contribution in [3.63, 3.8) is 0 Å². The van der Waals surface area contributed by atoms with Gasteiger partial charge in [0.25, 0.3) is 0 Å². The summed E-state index contributed by atoms with van der Waals surface area (Å²) in [6.45, 7) is 21.1. The Morgan fingerprint density at radius 3 is 1.11 bits per heavy atom. The summed E-state index contributed by atoms with van der Waals surface area (Å²) < 4.78 is 25.4. The molecular formula is C38H50O8. The molecule has 0 aliphatic rings. The van der Waals surface area contributed by atoms with Crippen molar-refractivity contribution in [2.75, 3.05) is 13.2 Å². The molecule has 0 spiro atoms. The van der Waals surface area contributed by atoms with Crippen molar-refractivity contribution in [2.24, 2.45) is 0 Å². The lowest BCUT2D eigenvalue weighted by Crippen LogP contribution is -2.33. The number of hydrogen-bond acceptors (Lipinski definition) is 6. The Bertz CT molecular complexity index is 1370. The second-order valence-electron chi connectivity index (χ2n) is 14.8. The lowest BCUT2D eigenvalue weighted by atomic mass is 9.95. The topological polar surface area (TPSA) is 112 Å². The van der Waals surface area contributed by atoms with Gasteiger partial charge in [0, 0.05) is 24.0 Å². The molecule has 0 saturated carbocycles. The molecule has 3 aromatic rings. The second kappa shape index (κ2) is 14.3.